The molecule has 1 fully saturated rings. The molecule has 3 aromatic rings. The average Bonchev–Trinajstić information content (AvgIpc) is 3.29. The highest BCUT2D eigenvalue weighted by Crippen LogP contribution is 2.32. The summed E-state index contributed by atoms with van der Waals surface area (Å²) in [7, 11) is 0. The Morgan fingerprint density at radius 1 is 0.969 bits per heavy atom. The molecule has 6 nitrogen and oxygen atoms in total. The van der Waals surface area contributed by atoms with E-state index in [0.29, 0.717) is 17.3 Å². The van der Waals surface area contributed by atoms with E-state index in [2.05, 4.69) is 25.5 Å². The second-order valence-corrected chi connectivity index (χ2v) is 7.55. The number of nitrogens with one attached hydrogen (secondary N) is 2. The van der Waals surface area contributed by atoms with Crippen molar-refractivity contribution in [2.45, 2.75) is 25.9 Å². The molecule has 0 radical (unpaired) electrons. The Kier molecular flexibility index (Phi) is 5.98. The van der Waals surface area contributed by atoms with Crippen LogP contribution >= 0.6 is 0 Å². The van der Waals surface area contributed by atoms with Gasteiger partial charge in [0.25, 0.3) is 5.91 Å². The van der Waals surface area contributed by atoms with Gasteiger partial charge in [0.15, 0.2) is 0 Å². The van der Waals surface area contributed by atoms with Crippen LogP contribution in [0.1, 0.15) is 34.6 Å². The number of anilines is 4. The summed E-state index contributed by atoms with van der Waals surface area (Å²) in [5.41, 5.74) is -0.282. The van der Waals surface area contributed by atoms with Gasteiger partial charge in [0.2, 0.25) is 0 Å². The molecule has 1 aliphatic rings. The number of aromatic nitrogens is 2. The lowest BCUT2D eigenvalue weighted by molar-refractivity contribution is -0.137. The standard InChI is InChI=1S/C23H22F3N5O/c1-15-27-20(14-21(28-15)31-12-4-5-13-31)29-16-8-10-17(11-9-16)30-22(32)18-6-2-3-7-19(18)23(24,25)26/h2-3,6-11,14H,4-5,12-13H2,1H3,(H,30,32)(H,27,28,29). The summed E-state index contributed by atoms with van der Waals surface area (Å²) in [6.07, 6.45) is -2.32. The van der Waals surface area contributed by atoms with E-state index in [1.54, 1.807) is 24.3 Å². The molecule has 2 aromatic carbocycles. The highest BCUT2D eigenvalue weighted by atomic mass is 19.4. The highest BCUT2D eigenvalue weighted by molar-refractivity contribution is 6.05. The minimum absolute atomic E-state index is 0.383. The maximum Gasteiger partial charge on any atom is 0.417 e. The molecular formula is C23H22F3N5O. The fourth-order valence-corrected chi connectivity index (χ4v) is 3.64. The molecule has 1 saturated heterocycles. The van der Waals surface area contributed by atoms with Gasteiger partial charge in [-0.05, 0) is 56.2 Å². The van der Waals surface area contributed by atoms with Crippen molar-refractivity contribution in [1.82, 2.24) is 9.97 Å². The van der Waals surface area contributed by atoms with Crippen molar-refractivity contribution in [2.24, 2.45) is 0 Å². The van der Waals surface area contributed by atoms with E-state index in [0.717, 1.165) is 49.6 Å². The van der Waals surface area contributed by atoms with E-state index in [9.17, 15) is 18.0 Å². The van der Waals surface area contributed by atoms with Crippen molar-refractivity contribution in [1.29, 1.82) is 0 Å². The summed E-state index contributed by atoms with van der Waals surface area (Å²) < 4.78 is 39.5. The third-order valence-electron chi connectivity index (χ3n) is 5.15. The van der Waals surface area contributed by atoms with Crippen LogP contribution in [0.4, 0.5) is 36.2 Å². The molecule has 1 amide bonds. The van der Waals surface area contributed by atoms with Crippen molar-refractivity contribution in [3.8, 4) is 0 Å². The highest BCUT2D eigenvalue weighted by Gasteiger charge is 2.34. The minimum Gasteiger partial charge on any atom is -0.356 e. The number of carbonyl (C=O) groups is 1. The number of hydrogen-bond acceptors (Lipinski definition) is 5. The first-order valence-electron chi connectivity index (χ1n) is 10.2. The van der Waals surface area contributed by atoms with Crippen LogP contribution in [0.25, 0.3) is 0 Å². The van der Waals surface area contributed by atoms with Crippen LogP contribution in [0.2, 0.25) is 0 Å². The molecule has 0 spiro atoms. The summed E-state index contributed by atoms with van der Waals surface area (Å²) in [5.74, 6) is 1.37. The van der Waals surface area contributed by atoms with Gasteiger partial charge in [-0.25, -0.2) is 9.97 Å². The van der Waals surface area contributed by atoms with Crippen LogP contribution in [-0.2, 0) is 6.18 Å². The van der Waals surface area contributed by atoms with Gasteiger partial charge in [-0.15, -0.1) is 0 Å². The fraction of sp³-hybridized carbons (Fsp3) is 0.261. The molecule has 4 rings (SSSR count). The maximum atomic E-state index is 13.2. The smallest absolute Gasteiger partial charge is 0.356 e. The second-order valence-electron chi connectivity index (χ2n) is 7.55. The maximum absolute atomic E-state index is 13.2. The quantitative estimate of drug-likeness (QED) is 0.555. The lowest BCUT2D eigenvalue weighted by Gasteiger charge is -2.18. The summed E-state index contributed by atoms with van der Waals surface area (Å²) >= 11 is 0. The zero-order chi connectivity index (χ0) is 22.7. The number of halogens is 3. The predicted octanol–water partition coefficient (Wildman–Crippen LogP) is 5.40. The van der Waals surface area contributed by atoms with Crippen molar-refractivity contribution in [3.05, 3.63) is 71.5 Å². The molecule has 2 heterocycles. The first-order valence-corrected chi connectivity index (χ1v) is 10.2. The molecule has 0 unspecified atom stereocenters. The topological polar surface area (TPSA) is 70.2 Å². The molecule has 0 saturated carbocycles. The van der Waals surface area contributed by atoms with Gasteiger partial charge in [0.1, 0.15) is 17.5 Å². The Balaban J connectivity index is 1.46. The van der Waals surface area contributed by atoms with Crippen LogP contribution in [-0.4, -0.2) is 29.0 Å². The zero-order valence-electron chi connectivity index (χ0n) is 17.4. The molecule has 0 atom stereocenters. The van der Waals surface area contributed by atoms with E-state index in [1.165, 1.54) is 12.1 Å². The van der Waals surface area contributed by atoms with Gasteiger partial charge in [-0.3, -0.25) is 4.79 Å². The summed E-state index contributed by atoms with van der Waals surface area (Å²) in [6, 6.07) is 13.3. The minimum atomic E-state index is -4.61. The van der Waals surface area contributed by atoms with E-state index < -0.39 is 23.2 Å². The van der Waals surface area contributed by atoms with Crippen molar-refractivity contribution in [2.75, 3.05) is 28.6 Å². The molecule has 2 N–H and O–H groups in total. The van der Waals surface area contributed by atoms with Gasteiger partial charge in [0.05, 0.1) is 11.1 Å². The van der Waals surface area contributed by atoms with Crippen molar-refractivity contribution < 1.29 is 18.0 Å². The number of hydrogen-bond donors (Lipinski definition) is 2. The monoisotopic (exact) mass is 441 g/mol. The summed E-state index contributed by atoms with van der Waals surface area (Å²) in [6.45, 7) is 3.78. The van der Waals surface area contributed by atoms with E-state index in [1.807, 2.05) is 13.0 Å². The molecule has 9 heteroatoms. The Labute approximate surface area is 183 Å². The third kappa shape index (κ3) is 4.99. The predicted molar refractivity (Wildman–Crippen MR) is 117 cm³/mol. The number of benzene rings is 2. The molecule has 1 aliphatic heterocycles. The SMILES string of the molecule is Cc1nc(Nc2ccc(NC(=O)c3ccccc3C(F)(F)F)cc2)cc(N2CCCC2)n1. The van der Waals surface area contributed by atoms with E-state index in [4.69, 9.17) is 0 Å². The second kappa shape index (κ2) is 8.86. The molecule has 0 aliphatic carbocycles. The largest absolute Gasteiger partial charge is 0.417 e. The Morgan fingerprint density at radius 3 is 2.31 bits per heavy atom. The summed E-state index contributed by atoms with van der Waals surface area (Å²) in [5, 5.41) is 5.73. The van der Waals surface area contributed by atoms with Crippen LogP contribution in [0.15, 0.2) is 54.6 Å². The summed E-state index contributed by atoms with van der Waals surface area (Å²) in [4.78, 5) is 23.6. The lowest BCUT2D eigenvalue weighted by atomic mass is 10.1. The normalized spacial score (nSPS) is 13.8. The van der Waals surface area contributed by atoms with Gasteiger partial charge in [-0.1, -0.05) is 12.1 Å². The van der Waals surface area contributed by atoms with Gasteiger partial charge in [-0.2, -0.15) is 13.2 Å². The Bertz CT molecular complexity index is 1110. The van der Waals surface area contributed by atoms with Crippen LogP contribution in [0.3, 0.4) is 0 Å². The molecular weight excluding hydrogens is 419 g/mol. The first kappa shape index (κ1) is 21.6. The van der Waals surface area contributed by atoms with Crippen molar-refractivity contribution >= 4 is 28.9 Å². The average molecular weight is 441 g/mol. The number of rotatable bonds is 5. The number of aryl methyl sites for hydroxylation is 1. The van der Waals surface area contributed by atoms with Crippen molar-refractivity contribution in [3.63, 3.8) is 0 Å². The number of amides is 1. The fourth-order valence-electron chi connectivity index (χ4n) is 3.64. The van der Waals surface area contributed by atoms with Gasteiger partial charge in [0, 0.05) is 30.5 Å². The van der Waals surface area contributed by atoms with Crippen LogP contribution in [0.5, 0.6) is 0 Å². The molecule has 1 aromatic heterocycles. The number of alkyl halides is 3. The Morgan fingerprint density at radius 2 is 1.62 bits per heavy atom. The Hall–Kier alpha value is -3.62. The number of carbonyl (C=O) groups excluding carboxylic acids is 1. The molecule has 32 heavy (non-hydrogen) atoms. The third-order valence-corrected chi connectivity index (χ3v) is 5.15. The van der Waals surface area contributed by atoms with Gasteiger partial charge < -0.3 is 15.5 Å². The molecule has 166 valence electrons. The number of nitrogens with zero attached hydrogens (tertiary/aromatic N) is 3. The van der Waals surface area contributed by atoms with E-state index in [-0.39, 0.29) is 0 Å². The van der Waals surface area contributed by atoms with Crippen LogP contribution < -0.4 is 15.5 Å². The van der Waals surface area contributed by atoms with Crippen LogP contribution in [0, 0.1) is 6.92 Å². The van der Waals surface area contributed by atoms with Gasteiger partial charge >= 0.3 is 6.18 Å². The zero-order valence-corrected chi connectivity index (χ0v) is 17.4. The first-order chi connectivity index (χ1) is 15.3. The lowest BCUT2D eigenvalue weighted by Crippen LogP contribution is -2.19. The van der Waals surface area contributed by atoms with E-state index >= 15 is 0 Å². The molecule has 0 bridgehead atoms.